The number of nitrogens with one attached hydrogen (secondary N) is 1. The second kappa shape index (κ2) is 7.02. The van der Waals surface area contributed by atoms with Crippen molar-refractivity contribution < 1.29 is 14.3 Å². The van der Waals surface area contributed by atoms with E-state index in [-0.39, 0.29) is 11.3 Å². The van der Waals surface area contributed by atoms with Crippen molar-refractivity contribution in [2.75, 3.05) is 0 Å². The number of para-hydroxylation sites is 1. The van der Waals surface area contributed by atoms with Crippen LogP contribution >= 0.6 is 11.6 Å². The molecular formula is C18H13ClN2O3. The van der Waals surface area contributed by atoms with Gasteiger partial charge in [-0.15, -0.1) is 0 Å². The van der Waals surface area contributed by atoms with E-state index in [1.807, 2.05) is 12.1 Å². The van der Waals surface area contributed by atoms with Crippen molar-refractivity contribution >= 4 is 23.7 Å². The monoisotopic (exact) mass is 340 g/mol. The van der Waals surface area contributed by atoms with Gasteiger partial charge in [0.1, 0.15) is 17.3 Å². The number of hydrazone groups is 1. The number of amides is 1. The van der Waals surface area contributed by atoms with Gasteiger partial charge in [-0.25, -0.2) is 5.43 Å². The molecule has 1 amide bonds. The molecule has 3 rings (SSSR count). The SMILES string of the molecule is O=C(N/N=C\c1ccc(-c2cccc(Cl)c2)o1)c1ccccc1O. The Morgan fingerprint density at radius 1 is 1.12 bits per heavy atom. The molecule has 0 fully saturated rings. The molecule has 3 aromatic rings. The van der Waals surface area contributed by atoms with E-state index in [2.05, 4.69) is 10.5 Å². The van der Waals surface area contributed by atoms with E-state index >= 15 is 0 Å². The predicted octanol–water partition coefficient (Wildman–Crippen LogP) is 4.07. The van der Waals surface area contributed by atoms with Gasteiger partial charge in [0.15, 0.2) is 0 Å². The van der Waals surface area contributed by atoms with Gasteiger partial charge in [0.2, 0.25) is 0 Å². The van der Waals surface area contributed by atoms with Crippen LogP contribution in [0.15, 0.2) is 70.2 Å². The molecule has 0 unspecified atom stereocenters. The molecule has 2 aromatic carbocycles. The van der Waals surface area contributed by atoms with Crippen LogP contribution in [-0.4, -0.2) is 17.2 Å². The number of phenols is 1. The molecule has 5 nitrogen and oxygen atoms in total. The number of hydrogen-bond donors (Lipinski definition) is 2. The van der Waals surface area contributed by atoms with Crippen molar-refractivity contribution in [1.29, 1.82) is 0 Å². The van der Waals surface area contributed by atoms with E-state index < -0.39 is 5.91 Å². The number of rotatable bonds is 4. The summed E-state index contributed by atoms with van der Waals surface area (Å²) in [7, 11) is 0. The van der Waals surface area contributed by atoms with Crippen LogP contribution in [0.5, 0.6) is 5.75 Å². The molecule has 0 radical (unpaired) electrons. The highest BCUT2D eigenvalue weighted by Gasteiger charge is 2.09. The summed E-state index contributed by atoms with van der Waals surface area (Å²) < 4.78 is 5.63. The number of aromatic hydroxyl groups is 1. The molecule has 120 valence electrons. The molecule has 0 saturated carbocycles. The van der Waals surface area contributed by atoms with Crippen LogP contribution in [0.2, 0.25) is 5.02 Å². The summed E-state index contributed by atoms with van der Waals surface area (Å²) in [6, 6.07) is 17.0. The molecule has 0 aliphatic carbocycles. The fraction of sp³-hybridized carbons (Fsp3) is 0. The third-order valence-electron chi connectivity index (χ3n) is 3.24. The lowest BCUT2D eigenvalue weighted by molar-refractivity contribution is 0.0952. The highest BCUT2D eigenvalue weighted by atomic mass is 35.5. The van der Waals surface area contributed by atoms with Gasteiger partial charge < -0.3 is 9.52 Å². The first-order chi connectivity index (χ1) is 11.6. The largest absolute Gasteiger partial charge is 0.507 e. The Hall–Kier alpha value is -3.05. The Balaban J connectivity index is 1.68. The van der Waals surface area contributed by atoms with Crippen molar-refractivity contribution in [3.63, 3.8) is 0 Å². The summed E-state index contributed by atoms with van der Waals surface area (Å²) in [4.78, 5) is 11.9. The summed E-state index contributed by atoms with van der Waals surface area (Å²) in [5.41, 5.74) is 3.33. The van der Waals surface area contributed by atoms with Crippen molar-refractivity contribution in [3.05, 3.63) is 77.0 Å². The molecule has 0 aliphatic heterocycles. The van der Waals surface area contributed by atoms with Gasteiger partial charge in [-0.2, -0.15) is 5.10 Å². The normalized spacial score (nSPS) is 10.9. The summed E-state index contributed by atoms with van der Waals surface area (Å²) in [5.74, 6) is 0.506. The van der Waals surface area contributed by atoms with Gasteiger partial charge in [0, 0.05) is 10.6 Å². The highest BCUT2D eigenvalue weighted by Crippen LogP contribution is 2.24. The Labute approximate surface area is 143 Å². The third-order valence-corrected chi connectivity index (χ3v) is 3.48. The Bertz CT molecular complexity index is 903. The molecule has 0 spiro atoms. The van der Waals surface area contributed by atoms with Gasteiger partial charge in [-0.1, -0.05) is 35.9 Å². The number of nitrogens with zero attached hydrogens (tertiary/aromatic N) is 1. The fourth-order valence-electron chi connectivity index (χ4n) is 2.10. The number of benzene rings is 2. The van der Waals surface area contributed by atoms with Crippen LogP contribution < -0.4 is 5.43 Å². The van der Waals surface area contributed by atoms with Crippen LogP contribution in [0.3, 0.4) is 0 Å². The van der Waals surface area contributed by atoms with Crippen LogP contribution in [0, 0.1) is 0 Å². The maximum Gasteiger partial charge on any atom is 0.275 e. The average Bonchev–Trinajstić information content (AvgIpc) is 3.04. The molecule has 2 N–H and O–H groups in total. The van der Waals surface area contributed by atoms with Gasteiger partial charge in [0.05, 0.1) is 11.8 Å². The zero-order valence-electron chi connectivity index (χ0n) is 12.4. The number of carbonyl (C=O) groups excluding carboxylic acids is 1. The minimum Gasteiger partial charge on any atom is -0.507 e. The Kier molecular flexibility index (Phi) is 4.63. The summed E-state index contributed by atoms with van der Waals surface area (Å²) >= 11 is 5.96. The first-order valence-electron chi connectivity index (χ1n) is 7.10. The molecule has 0 aliphatic rings. The van der Waals surface area contributed by atoms with E-state index in [9.17, 15) is 9.90 Å². The summed E-state index contributed by atoms with van der Waals surface area (Å²) in [5, 5.41) is 14.1. The van der Waals surface area contributed by atoms with Gasteiger partial charge in [-0.05, 0) is 36.4 Å². The van der Waals surface area contributed by atoms with Crippen molar-refractivity contribution in [1.82, 2.24) is 5.43 Å². The minimum atomic E-state index is -0.508. The van der Waals surface area contributed by atoms with E-state index in [1.54, 1.807) is 36.4 Å². The molecule has 1 aromatic heterocycles. The molecular weight excluding hydrogens is 328 g/mol. The minimum absolute atomic E-state index is 0.105. The topological polar surface area (TPSA) is 74.8 Å². The number of halogens is 1. The van der Waals surface area contributed by atoms with Crippen molar-refractivity contribution in [2.24, 2.45) is 5.10 Å². The van der Waals surface area contributed by atoms with Crippen LogP contribution in [0.1, 0.15) is 16.1 Å². The second-order valence-electron chi connectivity index (χ2n) is 4.93. The summed E-state index contributed by atoms with van der Waals surface area (Å²) in [6.07, 6.45) is 1.38. The Morgan fingerprint density at radius 2 is 1.96 bits per heavy atom. The van der Waals surface area contributed by atoms with Crippen LogP contribution in [0.4, 0.5) is 0 Å². The molecule has 0 atom stereocenters. The third kappa shape index (κ3) is 3.64. The summed E-state index contributed by atoms with van der Waals surface area (Å²) in [6.45, 7) is 0. The van der Waals surface area contributed by atoms with E-state index in [1.165, 1.54) is 18.3 Å². The molecule has 1 heterocycles. The van der Waals surface area contributed by atoms with E-state index in [4.69, 9.17) is 16.0 Å². The molecule has 0 bridgehead atoms. The number of carbonyl (C=O) groups is 1. The zero-order chi connectivity index (χ0) is 16.9. The lowest BCUT2D eigenvalue weighted by atomic mass is 10.2. The maximum atomic E-state index is 11.9. The lowest BCUT2D eigenvalue weighted by Gasteiger charge is -2.01. The predicted molar refractivity (Wildman–Crippen MR) is 92.3 cm³/mol. The standard InChI is InChI=1S/C18H13ClN2O3/c19-13-5-3-4-12(10-13)17-9-8-14(24-17)11-20-21-18(23)15-6-1-2-7-16(15)22/h1-11,22H,(H,21,23)/b20-11-. The van der Waals surface area contributed by atoms with E-state index in [0.717, 1.165) is 5.56 Å². The van der Waals surface area contributed by atoms with Crippen molar-refractivity contribution in [2.45, 2.75) is 0 Å². The smallest absolute Gasteiger partial charge is 0.275 e. The lowest BCUT2D eigenvalue weighted by Crippen LogP contribution is -2.17. The van der Waals surface area contributed by atoms with E-state index in [0.29, 0.717) is 16.5 Å². The molecule has 24 heavy (non-hydrogen) atoms. The highest BCUT2D eigenvalue weighted by molar-refractivity contribution is 6.30. The fourth-order valence-corrected chi connectivity index (χ4v) is 2.29. The Morgan fingerprint density at radius 3 is 2.75 bits per heavy atom. The second-order valence-corrected chi connectivity index (χ2v) is 5.37. The zero-order valence-corrected chi connectivity index (χ0v) is 13.2. The quantitative estimate of drug-likeness (QED) is 0.555. The average molecular weight is 341 g/mol. The number of phenolic OH excluding ortho intramolecular Hbond substituents is 1. The van der Waals surface area contributed by atoms with Crippen LogP contribution in [-0.2, 0) is 0 Å². The van der Waals surface area contributed by atoms with Gasteiger partial charge >= 0.3 is 0 Å². The molecule has 0 saturated heterocycles. The molecule has 6 heteroatoms. The van der Waals surface area contributed by atoms with Crippen molar-refractivity contribution in [3.8, 4) is 17.1 Å². The first-order valence-corrected chi connectivity index (χ1v) is 7.48. The number of hydrogen-bond acceptors (Lipinski definition) is 4. The number of furan rings is 1. The first kappa shape index (κ1) is 15.8. The van der Waals surface area contributed by atoms with Gasteiger partial charge in [0.25, 0.3) is 5.91 Å². The van der Waals surface area contributed by atoms with Crippen LogP contribution in [0.25, 0.3) is 11.3 Å². The maximum absolute atomic E-state index is 11.9. The van der Waals surface area contributed by atoms with Gasteiger partial charge in [-0.3, -0.25) is 4.79 Å².